The Kier molecular flexibility index (Phi) is 6.43. The predicted octanol–water partition coefficient (Wildman–Crippen LogP) is 1.31. The van der Waals surface area contributed by atoms with Crippen LogP contribution in [-0.4, -0.2) is 31.6 Å². The second-order valence-corrected chi connectivity index (χ2v) is 3.80. The Labute approximate surface area is 112 Å². The minimum Gasteiger partial charge on any atom is -0.494 e. The van der Waals surface area contributed by atoms with Gasteiger partial charge in [0, 0.05) is 6.54 Å². The highest BCUT2D eigenvalue weighted by atomic mass is 16.5. The van der Waals surface area contributed by atoms with E-state index in [9.17, 15) is 9.59 Å². The Bertz CT molecular complexity index is 414. The average molecular weight is 265 g/mol. The average Bonchev–Trinajstić information content (AvgIpc) is 2.41. The number of hydrogen-bond acceptors (Lipinski definition) is 4. The van der Waals surface area contributed by atoms with E-state index in [2.05, 4.69) is 10.1 Å². The predicted molar refractivity (Wildman–Crippen MR) is 71.0 cm³/mol. The maximum Gasteiger partial charge on any atom is 0.396 e. The number of carbonyl (C=O) groups excluding carboxylic acids is 2. The van der Waals surface area contributed by atoms with Gasteiger partial charge < -0.3 is 14.8 Å². The van der Waals surface area contributed by atoms with Crippen LogP contribution in [-0.2, 0) is 20.7 Å². The van der Waals surface area contributed by atoms with E-state index in [0.29, 0.717) is 19.6 Å². The van der Waals surface area contributed by atoms with E-state index in [4.69, 9.17) is 4.74 Å². The van der Waals surface area contributed by atoms with Gasteiger partial charge in [0.1, 0.15) is 5.75 Å². The summed E-state index contributed by atoms with van der Waals surface area (Å²) in [5, 5.41) is 2.51. The summed E-state index contributed by atoms with van der Waals surface area (Å²) in [6.07, 6.45) is 0.650. The van der Waals surface area contributed by atoms with Crippen LogP contribution in [0.1, 0.15) is 19.4 Å². The molecule has 1 rings (SSSR count). The van der Waals surface area contributed by atoms with Crippen molar-refractivity contribution in [2.75, 3.05) is 19.8 Å². The molecule has 0 bridgehead atoms. The van der Waals surface area contributed by atoms with E-state index in [0.717, 1.165) is 11.3 Å². The van der Waals surface area contributed by atoms with Crippen molar-refractivity contribution < 1.29 is 19.1 Å². The molecule has 104 valence electrons. The Morgan fingerprint density at radius 3 is 2.37 bits per heavy atom. The smallest absolute Gasteiger partial charge is 0.396 e. The molecule has 0 aliphatic carbocycles. The van der Waals surface area contributed by atoms with E-state index in [1.165, 1.54) is 0 Å². The molecule has 1 N–H and O–H groups in total. The topological polar surface area (TPSA) is 64.6 Å². The fraction of sp³-hybridized carbons (Fsp3) is 0.429. The van der Waals surface area contributed by atoms with Gasteiger partial charge in [0.05, 0.1) is 13.2 Å². The maximum absolute atomic E-state index is 11.3. The lowest BCUT2D eigenvalue weighted by Gasteiger charge is -2.06. The third-order valence-corrected chi connectivity index (χ3v) is 2.39. The molecule has 0 saturated heterocycles. The van der Waals surface area contributed by atoms with Crippen LogP contribution >= 0.6 is 0 Å². The van der Waals surface area contributed by atoms with Crippen LogP contribution in [0.25, 0.3) is 0 Å². The van der Waals surface area contributed by atoms with Crippen molar-refractivity contribution in [1.29, 1.82) is 0 Å². The zero-order chi connectivity index (χ0) is 14.1. The monoisotopic (exact) mass is 265 g/mol. The second-order valence-electron chi connectivity index (χ2n) is 3.80. The van der Waals surface area contributed by atoms with Crippen molar-refractivity contribution in [2.24, 2.45) is 0 Å². The highest BCUT2D eigenvalue weighted by Gasteiger charge is 2.13. The van der Waals surface area contributed by atoms with Gasteiger partial charge >= 0.3 is 11.9 Å². The summed E-state index contributed by atoms with van der Waals surface area (Å²) < 4.78 is 9.91. The Morgan fingerprint density at radius 1 is 1.11 bits per heavy atom. The Balaban J connectivity index is 2.32. The number of nitrogens with one attached hydrogen (secondary N) is 1. The molecule has 1 aromatic carbocycles. The lowest BCUT2D eigenvalue weighted by Crippen LogP contribution is -2.33. The van der Waals surface area contributed by atoms with E-state index >= 15 is 0 Å². The summed E-state index contributed by atoms with van der Waals surface area (Å²) in [4.78, 5) is 22.3. The zero-order valence-corrected chi connectivity index (χ0v) is 11.3. The van der Waals surface area contributed by atoms with Crippen LogP contribution in [0.2, 0.25) is 0 Å². The SMILES string of the molecule is CCOC(=O)C(=O)NCCc1ccc(OCC)cc1. The molecule has 1 aromatic rings. The summed E-state index contributed by atoms with van der Waals surface area (Å²) in [7, 11) is 0. The molecular formula is C14H19NO4. The van der Waals surface area contributed by atoms with Crippen molar-refractivity contribution >= 4 is 11.9 Å². The van der Waals surface area contributed by atoms with Gasteiger partial charge in [-0.15, -0.1) is 0 Å². The van der Waals surface area contributed by atoms with Crippen LogP contribution in [0, 0.1) is 0 Å². The summed E-state index contributed by atoms with van der Waals surface area (Å²) in [6, 6.07) is 7.63. The summed E-state index contributed by atoms with van der Waals surface area (Å²) in [6.45, 7) is 4.82. The lowest BCUT2D eigenvalue weighted by molar-refractivity contribution is -0.154. The largest absolute Gasteiger partial charge is 0.494 e. The van der Waals surface area contributed by atoms with Gasteiger partial charge in [-0.05, 0) is 38.0 Å². The first-order valence-electron chi connectivity index (χ1n) is 6.34. The molecule has 0 heterocycles. The lowest BCUT2D eigenvalue weighted by atomic mass is 10.1. The Morgan fingerprint density at radius 2 is 1.79 bits per heavy atom. The third-order valence-electron chi connectivity index (χ3n) is 2.39. The van der Waals surface area contributed by atoms with E-state index in [-0.39, 0.29) is 6.61 Å². The normalized spacial score (nSPS) is 9.79. The molecule has 19 heavy (non-hydrogen) atoms. The van der Waals surface area contributed by atoms with Crippen molar-refractivity contribution in [3.8, 4) is 5.75 Å². The van der Waals surface area contributed by atoms with Crippen LogP contribution < -0.4 is 10.1 Å². The third kappa shape index (κ3) is 5.42. The van der Waals surface area contributed by atoms with E-state index in [1.807, 2.05) is 31.2 Å². The number of carbonyl (C=O) groups is 2. The maximum atomic E-state index is 11.3. The molecule has 0 fully saturated rings. The highest BCUT2D eigenvalue weighted by molar-refractivity contribution is 6.32. The molecule has 5 nitrogen and oxygen atoms in total. The number of rotatable bonds is 6. The fourth-order valence-electron chi connectivity index (χ4n) is 1.51. The van der Waals surface area contributed by atoms with Gasteiger partial charge in [-0.3, -0.25) is 4.79 Å². The van der Waals surface area contributed by atoms with Gasteiger partial charge in [-0.1, -0.05) is 12.1 Å². The van der Waals surface area contributed by atoms with E-state index in [1.54, 1.807) is 6.92 Å². The zero-order valence-electron chi connectivity index (χ0n) is 11.3. The van der Waals surface area contributed by atoms with Crippen LogP contribution in [0.4, 0.5) is 0 Å². The van der Waals surface area contributed by atoms with Gasteiger partial charge in [-0.2, -0.15) is 0 Å². The highest BCUT2D eigenvalue weighted by Crippen LogP contribution is 2.12. The van der Waals surface area contributed by atoms with Crippen molar-refractivity contribution in [1.82, 2.24) is 5.32 Å². The summed E-state index contributed by atoms with van der Waals surface area (Å²) >= 11 is 0. The molecule has 0 radical (unpaired) electrons. The number of esters is 1. The molecule has 0 atom stereocenters. The fourth-order valence-corrected chi connectivity index (χ4v) is 1.51. The molecule has 0 spiro atoms. The molecular weight excluding hydrogens is 246 g/mol. The molecule has 0 saturated carbocycles. The molecule has 5 heteroatoms. The molecule has 0 aliphatic heterocycles. The quantitative estimate of drug-likeness (QED) is 0.622. The first-order chi connectivity index (χ1) is 9.17. The molecule has 0 aliphatic rings. The minimum absolute atomic E-state index is 0.200. The number of hydrogen-bond donors (Lipinski definition) is 1. The minimum atomic E-state index is -0.839. The van der Waals surface area contributed by atoms with Crippen LogP contribution in [0.3, 0.4) is 0 Å². The summed E-state index contributed by atoms with van der Waals surface area (Å²) in [5.41, 5.74) is 1.06. The van der Waals surface area contributed by atoms with Gasteiger partial charge in [0.2, 0.25) is 0 Å². The van der Waals surface area contributed by atoms with Crippen molar-refractivity contribution in [3.63, 3.8) is 0 Å². The summed E-state index contributed by atoms with van der Waals surface area (Å²) in [5.74, 6) is -0.719. The number of benzene rings is 1. The van der Waals surface area contributed by atoms with Crippen LogP contribution in [0.5, 0.6) is 5.75 Å². The van der Waals surface area contributed by atoms with E-state index < -0.39 is 11.9 Å². The molecule has 0 unspecified atom stereocenters. The van der Waals surface area contributed by atoms with Crippen molar-refractivity contribution in [2.45, 2.75) is 20.3 Å². The first kappa shape index (κ1) is 15.0. The standard InChI is InChI=1S/C14H19NO4/c1-3-18-12-7-5-11(6-8-12)9-10-15-13(16)14(17)19-4-2/h5-8H,3-4,9-10H2,1-2H3,(H,15,16). The Hall–Kier alpha value is -2.04. The van der Waals surface area contributed by atoms with Gasteiger partial charge in [0.25, 0.3) is 0 Å². The number of amides is 1. The van der Waals surface area contributed by atoms with Gasteiger partial charge in [0.15, 0.2) is 0 Å². The molecule has 0 aromatic heterocycles. The molecule has 1 amide bonds. The first-order valence-corrected chi connectivity index (χ1v) is 6.34. The van der Waals surface area contributed by atoms with Crippen molar-refractivity contribution in [3.05, 3.63) is 29.8 Å². The van der Waals surface area contributed by atoms with Gasteiger partial charge in [-0.25, -0.2) is 4.79 Å². The van der Waals surface area contributed by atoms with Crippen LogP contribution in [0.15, 0.2) is 24.3 Å². The second kappa shape index (κ2) is 8.13. The number of ether oxygens (including phenoxy) is 2.